The molecule has 0 amide bonds. The van der Waals surface area contributed by atoms with E-state index in [0.717, 1.165) is 10.9 Å². The van der Waals surface area contributed by atoms with Gasteiger partial charge in [0.15, 0.2) is 5.78 Å². The Morgan fingerprint density at radius 2 is 2.04 bits per heavy atom. The lowest BCUT2D eigenvalue weighted by atomic mass is 10.1. The van der Waals surface area contributed by atoms with E-state index in [1.54, 1.807) is 18.3 Å². The van der Waals surface area contributed by atoms with E-state index >= 15 is 0 Å². The second kappa shape index (κ2) is 8.27. The standard InChI is InChI=1S/C20H19N3O4/c1-14(24)16-8-9-17(18(13-16)23(25)26)21-11-4-12-27-19-7-2-5-15-6-3-10-22-20(15)19/h2-3,5-10,13,21H,4,11-12H2,1H3. The summed E-state index contributed by atoms with van der Waals surface area (Å²) in [6, 6.07) is 14.0. The van der Waals surface area contributed by atoms with E-state index in [1.165, 1.54) is 13.0 Å². The maximum atomic E-state index is 11.4. The Morgan fingerprint density at radius 1 is 1.22 bits per heavy atom. The first kappa shape index (κ1) is 18.3. The van der Waals surface area contributed by atoms with E-state index in [1.807, 2.05) is 30.3 Å². The number of carbonyl (C=O) groups is 1. The van der Waals surface area contributed by atoms with Crippen molar-refractivity contribution in [3.05, 3.63) is 70.4 Å². The third-order valence-corrected chi connectivity index (χ3v) is 4.09. The van der Waals surface area contributed by atoms with Gasteiger partial charge in [0.05, 0.1) is 11.5 Å². The van der Waals surface area contributed by atoms with Crippen molar-refractivity contribution in [3.8, 4) is 5.75 Å². The number of hydrogen-bond donors (Lipinski definition) is 1. The summed E-state index contributed by atoms with van der Waals surface area (Å²) in [5, 5.41) is 15.3. The molecule has 0 aliphatic heterocycles. The fourth-order valence-corrected chi connectivity index (χ4v) is 2.72. The predicted molar refractivity (Wildman–Crippen MR) is 103 cm³/mol. The molecular formula is C20H19N3O4. The zero-order valence-corrected chi connectivity index (χ0v) is 14.8. The Kier molecular flexibility index (Phi) is 5.61. The van der Waals surface area contributed by atoms with Crippen LogP contribution in [0.25, 0.3) is 10.9 Å². The van der Waals surface area contributed by atoms with Crippen LogP contribution in [0, 0.1) is 10.1 Å². The average Bonchev–Trinajstić information content (AvgIpc) is 2.67. The number of pyridine rings is 1. The first-order valence-corrected chi connectivity index (χ1v) is 8.56. The zero-order valence-electron chi connectivity index (χ0n) is 14.8. The van der Waals surface area contributed by atoms with Gasteiger partial charge in [-0.2, -0.15) is 0 Å². The van der Waals surface area contributed by atoms with E-state index in [2.05, 4.69) is 10.3 Å². The summed E-state index contributed by atoms with van der Waals surface area (Å²) in [6.45, 7) is 2.33. The Bertz CT molecular complexity index is 983. The number of carbonyl (C=O) groups excluding carboxylic acids is 1. The Balaban J connectivity index is 1.57. The van der Waals surface area contributed by atoms with Crippen molar-refractivity contribution in [2.45, 2.75) is 13.3 Å². The lowest BCUT2D eigenvalue weighted by molar-refractivity contribution is -0.384. The molecule has 1 heterocycles. The molecule has 1 N–H and O–H groups in total. The maximum absolute atomic E-state index is 11.4. The minimum absolute atomic E-state index is 0.109. The van der Waals surface area contributed by atoms with Gasteiger partial charge >= 0.3 is 0 Å². The number of ether oxygens (including phenoxy) is 1. The van der Waals surface area contributed by atoms with Crippen molar-refractivity contribution < 1.29 is 14.5 Å². The number of aromatic nitrogens is 1. The second-order valence-corrected chi connectivity index (χ2v) is 6.01. The molecule has 0 unspecified atom stereocenters. The molecule has 0 atom stereocenters. The van der Waals surface area contributed by atoms with Crippen LogP contribution in [0.1, 0.15) is 23.7 Å². The normalized spacial score (nSPS) is 10.6. The van der Waals surface area contributed by atoms with Crippen molar-refractivity contribution in [3.63, 3.8) is 0 Å². The number of fused-ring (bicyclic) bond motifs is 1. The fourth-order valence-electron chi connectivity index (χ4n) is 2.72. The number of rotatable bonds is 8. The highest BCUT2D eigenvalue weighted by Gasteiger charge is 2.15. The molecule has 3 aromatic rings. The number of benzene rings is 2. The van der Waals surface area contributed by atoms with Crippen molar-refractivity contribution >= 4 is 28.1 Å². The second-order valence-electron chi connectivity index (χ2n) is 6.01. The summed E-state index contributed by atoms with van der Waals surface area (Å²) in [7, 11) is 0. The van der Waals surface area contributed by atoms with Crippen LogP contribution >= 0.6 is 0 Å². The molecule has 138 valence electrons. The molecule has 27 heavy (non-hydrogen) atoms. The molecule has 0 saturated heterocycles. The van der Waals surface area contributed by atoms with Crippen molar-refractivity contribution in [2.75, 3.05) is 18.5 Å². The van der Waals surface area contributed by atoms with Gasteiger partial charge in [0.25, 0.3) is 5.69 Å². The van der Waals surface area contributed by atoms with Gasteiger partial charge in [0.2, 0.25) is 0 Å². The zero-order chi connectivity index (χ0) is 19.2. The number of nitrogens with zero attached hydrogens (tertiary/aromatic N) is 2. The van der Waals surface area contributed by atoms with Gasteiger partial charge in [-0.15, -0.1) is 0 Å². The Hall–Kier alpha value is -3.48. The number of anilines is 1. The highest BCUT2D eigenvalue weighted by atomic mass is 16.6. The third-order valence-electron chi connectivity index (χ3n) is 4.09. The predicted octanol–water partition coefficient (Wildman–Crippen LogP) is 4.23. The van der Waals surface area contributed by atoms with Gasteiger partial charge in [-0.25, -0.2) is 0 Å². The van der Waals surface area contributed by atoms with Crippen LogP contribution in [-0.4, -0.2) is 28.8 Å². The first-order valence-electron chi connectivity index (χ1n) is 8.56. The van der Waals surface area contributed by atoms with Crippen LogP contribution < -0.4 is 10.1 Å². The van der Waals surface area contributed by atoms with E-state index in [4.69, 9.17) is 4.74 Å². The van der Waals surface area contributed by atoms with Crippen LogP contribution in [0.4, 0.5) is 11.4 Å². The number of para-hydroxylation sites is 1. The van der Waals surface area contributed by atoms with E-state index in [0.29, 0.717) is 36.6 Å². The van der Waals surface area contributed by atoms with Gasteiger partial charge in [-0.3, -0.25) is 19.9 Å². The smallest absolute Gasteiger partial charge is 0.293 e. The SMILES string of the molecule is CC(=O)c1ccc(NCCCOc2cccc3cccnc23)c([N+](=O)[O-])c1. The third kappa shape index (κ3) is 4.38. The number of nitrogens with one attached hydrogen (secondary N) is 1. The minimum Gasteiger partial charge on any atom is -0.491 e. The number of nitro benzene ring substituents is 1. The number of hydrogen-bond acceptors (Lipinski definition) is 6. The van der Waals surface area contributed by atoms with E-state index in [9.17, 15) is 14.9 Å². The number of ketones is 1. The maximum Gasteiger partial charge on any atom is 0.293 e. The van der Waals surface area contributed by atoms with Gasteiger partial charge < -0.3 is 10.1 Å². The lowest BCUT2D eigenvalue weighted by Gasteiger charge is -2.10. The molecule has 0 spiro atoms. The molecule has 1 aromatic heterocycles. The molecule has 0 radical (unpaired) electrons. The van der Waals surface area contributed by atoms with Crippen molar-refractivity contribution in [2.24, 2.45) is 0 Å². The summed E-state index contributed by atoms with van der Waals surface area (Å²) in [5.74, 6) is 0.506. The molecule has 0 bridgehead atoms. The minimum atomic E-state index is -0.493. The van der Waals surface area contributed by atoms with Crippen molar-refractivity contribution in [1.82, 2.24) is 4.98 Å². The van der Waals surface area contributed by atoms with Gasteiger partial charge in [0, 0.05) is 29.8 Å². The molecule has 7 nitrogen and oxygen atoms in total. The average molecular weight is 365 g/mol. The summed E-state index contributed by atoms with van der Waals surface area (Å²) in [5.41, 5.74) is 1.40. The molecule has 3 rings (SSSR count). The quantitative estimate of drug-likeness (QED) is 0.278. The summed E-state index contributed by atoms with van der Waals surface area (Å²) in [4.78, 5) is 26.5. The molecule has 0 fully saturated rings. The number of nitro groups is 1. The van der Waals surface area contributed by atoms with Crippen LogP contribution in [-0.2, 0) is 0 Å². The monoisotopic (exact) mass is 365 g/mol. The van der Waals surface area contributed by atoms with Crippen LogP contribution in [0.15, 0.2) is 54.7 Å². The molecule has 2 aromatic carbocycles. The molecule has 0 saturated carbocycles. The molecule has 0 aliphatic rings. The summed E-state index contributed by atoms with van der Waals surface area (Å²) < 4.78 is 5.80. The largest absolute Gasteiger partial charge is 0.491 e. The number of Topliss-reactive ketones (excluding diaryl/α,β-unsaturated/α-hetero) is 1. The first-order chi connectivity index (χ1) is 13.1. The molecular weight excluding hydrogens is 346 g/mol. The highest BCUT2D eigenvalue weighted by Crippen LogP contribution is 2.26. The Morgan fingerprint density at radius 3 is 2.81 bits per heavy atom. The molecule has 0 aliphatic carbocycles. The summed E-state index contributed by atoms with van der Waals surface area (Å²) in [6.07, 6.45) is 2.37. The summed E-state index contributed by atoms with van der Waals surface area (Å²) >= 11 is 0. The Labute approximate surface area is 156 Å². The van der Waals surface area contributed by atoms with Crippen LogP contribution in [0.5, 0.6) is 5.75 Å². The van der Waals surface area contributed by atoms with Crippen LogP contribution in [0.2, 0.25) is 0 Å². The highest BCUT2D eigenvalue weighted by molar-refractivity contribution is 5.95. The van der Waals surface area contributed by atoms with Gasteiger partial charge in [0.1, 0.15) is 17.0 Å². The molecule has 7 heteroatoms. The van der Waals surface area contributed by atoms with Gasteiger partial charge in [-0.05, 0) is 37.6 Å². The van der Waals surface area contributed by atoms with E-state index < -0.39 is 4.92 Å². The van der Waals surface area contributed by atoms with Crippen molar-refractivity contribution in [1.29, 1.82) is 0 Å². The fraction of sp³-hybridized carbons (Fsp3) is 0.200. The van der Waals surface area contributed by atoms with Crippen LogP contribution in [0.3, 0.4) is 0 Å². The van der Waals surface area contributed by atoms with E-state index in [-0.39, 0.29) is 11.5 Å². The lowest BCUT2D eigenvalue weighted by Crippen LogP contribution is -2.09. The topological polar surface area (TPSA) is 94.4 Å². The van der Waals surface area contributed by atoms with Gasteiger partial charge in [-0.1, -0.05) is 18.2 Å².